The molecule has 0 amide bonds. The molecule has 0 spiro atoms. The first-order chi connectivity index (χ1) is 9.35. The van der Waals surface area contributed by atoms with E-state index >= 15 is 0 Å². The Morgan fingerprint density at radius 3 is 2.55 bits per heavy atom. The summed E-state index contributed by atoms with van der Waals surface area (Å²) >= 11 is 0.802. The van der Waals surface area contributed by atoms with Crippen LogP contribution in [0.2, 0.25) is 0 Å². The zero-order chi connectivity index (χ0) is 14.9. The molecule has 1 aromatic carbocycles. The Hall–Kier alpha value is -1.93. The van der Waals surface area contributed by atoms with Crippen molar-refractivity contribution >= 4 is 33.0 Å². The van der Waals surface area contributed by atoms with E-state index in [0.717, 1.165) is 21.7 Å². The van der Waals surface area contributed by atoms with Gasteiger partial charge in [0.25, 0.3) is 10.0 Å². The first kappa shape index (κ1) is 14.5. The van der Waals surface area contributed by atoms with Crippen molar-refractivity contribution in [2.24, 2.45) is 0 Å². The average molecular weight is 315 g/mol. The Morgan fingerprint density at radius 1 is 1.30 bits per heavy atom. The lowest BCUT2D eigenvalue weighted by Crippen LogP contribution is -2.28. The Morgan fingerprint density at radius 2 is 1.95 bits per heavy atom. The predicted octanol–water partition coefficient (Wildman–Crippen LogP) is 2.41. The molecule has 0 aliphatic rings. The fraction of sp³-hybridized carbons (Fsp3) is 0.0833. The fourth-order valence-electron chi connectivity index (χ4n) is 1.64. The number of para-hydroxylation sites is 1. The van der Waals surface area contributed by atoms with Crippen molar-refractivity contribution in [3.63, 3.8) is 0 Å². The summed E-state index contributed by atoms with van der Waals surface area (Å²) < 4.78 is 39.1. The standard InChI is InChI=1S/C12H10FNO4S2/c1-14(9-5-3-2-4-8(9)13)20(17,18)10-6-7-19-11(10)12(15)16/h2-7H,1H3,(H,15,16). The Labute approximate surface area is 119 Å². The number of hydrogen-bond acceptors (Lipinski definition) is 4. The van der Waals surface area contributed by atoms with E-state index in [1.165, 1.54) is 36.7 Å². The van der Waals surface area contributed by atoms with Crippen molar-refractivity contribution < 1.29 is 22.7 Å². The zero-order valence-electron chi connectivity index (χ0n) is 10.3. The van der Waals surface area contributed by atoms with Crippen molar-refractivity contribution in [2.45, 2.75) is 4.90 Å². The van der Waals surface area contributed by atoms with Gasteiger partial charge in [0.1, 0.15) is 15.6 Å². The van der Waals surface area contributed by atoms with Crippen LogP contribution in [-0.2, 0) is 10.0 Å². The molecule has 0 saturated carbocycles. The van der Waals surface area contributed by atoms with Crippen molar-refractivity contribution in [1.29, 1.82) is 0 Å². The topological polar surface area (TPSA) is 74.7 Å². The molecule has 0 atom stereocenters. The molecule has 2 rings (SSSR count). The smallest absolute Gasteiger partial charge is 0.347 e. The third kappa shape index (κ3) is 2.39. The van der Waals surface area contributed by atoms with Gasteiger partial charge in [0.2, 0.25) is 0 Å². The Bertz CT molecular complexity index is 754. The van der Waals surface area contributed by atoms with Crippen LogP contribution in [0.3, 0.4) is 0 Å². The molecule has 106 valence electrons. The van der Waals surface area contributed by atoms with Gasteiger partial charge in [-0.15, -0.1) is 11.3 Å². The molecule has 0 saturated heterocycles. The number of hydrogen-bond donors (Lipinski definition) is 1. The fourth-order valence-corrected chi connectivity index (χ4v) is 4.08. The first-order valence-corrected chi connectivity index (χ1v) is 7.72. The van der Waals surface area contributed by atoms with Crippen molar-refractivity contribution in [3.8, 4) is 0 Å². The monoisotopic (exact) mass is 315 g/mol. The number of carboxylic acids is 1. The van der Waals surface area contributed by atoms with Gasteiger partial charge in [-0.2, -0.15) is 0 Å². The molecule has 0 radical (unpaired) electrons. The van der Waals surface area contributed by atoms with Crippen LogP contribution in [0.1, 0.15) is 9.67 Å². The minimum absolute atomic E-state index is 0.143. The van der Waals surface area contributed by atoms with Crippen LogP contribution in [-0.4, -0.2) is 26.5 Å². The van der Waals surface area contributed by atoms with Crippen LogP contribution < -0.4 is 4.31 Å². The van der Waals surface area contributed by atoms with Crippen LogP contribution in [0.15, 0.2) is 40.6 Å². The van der Waals surface area contributed by atoms with E-state index in [9.17, 15) is 17.6 Å². The second-order valence-corrected chi connectivity index (χ2v) is 6.70. The molecule has 1 N–H and O–H groups in total. The lowest BCUT2D eigenvalue weighted by molar-refractivity contribution is 0.0698. The molecule has 8 heteroatoms. The van der Waals surface area contributed by atoms with Crippen LogP contribution in [0, 0.1) is 5.82 Å². The van der Waals surface area contributed by atoms with Gasteiger partial charge < -0.3 is 5.11 Å². The Balaban J connectivity index is 2.53. The van der Waals surface area contributed by atoms with E-state index in [2.05, 4.69) is 0 Å². The number of nitrogens with zero attached hydrogens (tertiary/aromatic N) is 1. The van der Waals surface area contributed by atoms with Crippen molar-refractivity contribution in [3.05, 3.63) is 46.4 Å². The molecule has 0 unspecified atom stereocenters. The highest BCUT2D eigenvalue weighted by atomic mass is 32.2. The molecular weight excluding hydrogens is 305 g/mol. The first-order valence-electron chi connectivity index (χ1n) is 5.40. The third-order valence-electron chi connectivity index (χ3n) is 2.65. The van der Waals surface area contributed by atoms with E-state index in [4.69, 9.17) is 5.11 Å². The van der Waals surface area contributed by atoms with Crippen molar-refractivity contribution in [1.82, 2.24) is 0 Å². The number of halogens is 1. The number of aromatic carboxylic acids is 1. The van der Waals surface area contributed by atoms with Gasteiger partial charge in [-0.3, -0.25) is 4.31 Å². The SMILES string of the molecule is CN(c1ccccc1F)S(=O)(=O)c1ccsc1C(=O)O. The second kappa shape index (κ2) is 5.22. The number of anilines is 1. The quantitative estimate of drug-likeness (QED) is 0.940. The highest BCUT2D eigenvalue weighted by Gasteiger charge is 2.29. The second-order valence-electron chi connectivity index (χ2n) is 3.84. The highest BCUT2D eigenvalue weighted by molar-refractivity contribution is 7.93. The van der Waals surface area contributed by atoms with Crippen molar-refractivity contribution in [2.75, 3.05) is 11.4 Å². The normalized spacial score (nSPS) is 11.3. The summed E-state index contributed by atoms with van der Waals surface area (Å²) in [5, 5.41) is 10.3. The van der Waals surface area contributed by atoms with Gasteiger partial charge in [0.05, 0.1) is 5.69 Å². The highest BCUT2D eigenvalue weighted by Crippen LogP contribution is 2.29. The van der Waals surface area contributed by atoms with E-state index in [-0.39, 0.29) is 15.5 Å². The molecule has 2 aromatic rings. The molecule has 0 aliphatic heterocycles. The molecule has 1 heterocycles. The molecule has 20 heavy (non-hydrogen) atoms. The lowest BCUT2D eigenvalue weighted by Gasteiger charge is -2.19. The van der Waals surface area contributed by atoms with Gasteiger partial charge in [-0.25, -0.2) is 17.6 Å². The van der Waals surface area contributed by atoms with E-state index in [1.54, 1.807) is 0 Å². The largest absolute Gasteiger partial charge is 0.477 e. The van der Waals surface area contributed by atoms with Gasteiger partial charge in [-0.1, -0.05) is 12.1 Å². The summed E-state index contributed by atoms with van der Waals surface area (Å²) in [6, 6.07) is 6.57. The predicted molar refractivity (Wildman–Crippen MR) is 73.3 cm³/mol. The molecule has 5 nitrogen and oxygen atoms in total. The molecule has 0 aliphatic carbocycles. The summed E-state index contributed by atoms with van der Waals surface area (Å²) in [5.74, 6) is -2.04. The van der Waals surface area contributed by atoms with E-state index in [0.29, 0.717) is 0 Å². The molecule has 0 fully saturated rings. The van der Waals surface area contributed by atoms with Crippen LogP contribution in [0.25, 0.3) is 0 Å². The van der Waals surface area contributed by atoms with Crippen LogP contribution in [0.4, 0.5) is 10.1 Å². The Kier molecular flexibility index (Phi) is 3.78. The van der Waals surface area contributed by atoms with Gasteiger partial charge in [-0.05, 0) is 23.6 Å². The van der Waals surface area contributed by atoms with Gasteiger partial charge in [0.15, 0.2) is 0 Å². The van der Waals surface area contributed by atoms with Crippen LogP contribution in [0.5, 0.6) is 0 Å². The van der Waals surface area contributed by atoms with E-state index in [1.807, 2.05) is 0 Å². The summed E-state index contributed by atoms with van der Waals surface area (Å²) in [4.78, 5) is 10.4. The van der Waals surface area contributed by atoms with Crippen LogP contribution >= 0.6 is 11.3 Å². The molecule has 0 bridgehead atoms. The maximum atomic E-state index is 13.7. The molecular formula is C12H10FNO4S2. The lowest BCUT2D eigenvalue weighted by atomic mass is 10.3. The number of sulfonamides is 1. The maximum Gasteiger partial charge on any atom is 0.347 e. The van der Waals surface area contributed by atoms with E-state index < -0.39 is 21.8 Å². The number of benzene rings is 1. The zero-order valence-corrected chi connectivity index (χ0v) is 11.9. The minimum atomic E-state index is -4.12. The minimum Gasteiger partial charge on any atom is -0.477 e. The number of thiophene rings is 1. The van der Waals surface area contributed by atoms with Gasteiger partial charge in [0, 0.05) is 7.05 Å². The summed E-state index contributed by atoms with van der Waals surface area (Å²) in [7, 11) is -2.95. The summed E-state index contributed by atoms with van der Waals surface area (Å²) in [5.41, 5.74) is -0.143. The third-order valence-corrected chi connectivity index (χ3v) is 5.50. The summed E-state index contributed by atoms with van der Waals surface area (Å²) in [6.45, 7) is 0. The van der Waals surface area contributed by atoms with Gasteiger partial charge >= 0.3 is 5.97 Å². The number of rotatable bonds is 4. The summed E-state index contributed by atoms with van der Waals surface area (Å²) in [6.07, 6.45) is 0. The number of carboxylic acid groups (broad SMARTS) is 1. The molecule has 1 aromatic heterocycles. The number of carbonyl (C=O) groups is 1. The maximum absolute atomic E-state index is 13.7. The average Bonchev–Trinajstić information content (AvgIpc) is 2.88.